The predicted octanol–water partition coefficient (Wildman–Crippen LogP) is 3.55. The fraction of sp³-hybridized carbons (Fsp3) is 0.227. The van der Waals surface area contributed by atoms with Gasteiger partial charge in [0.15, 0.2) is 5.65 Å². The lowest BCUT2D eigenvalue weighted by Gasteiger charge is -2.32. The SMILES string of the molecule is C=CC(=O)N1CCC[C@@H](n2nc(-c3cc(-c4ccccn4)cs3)c3c(N)ncnc32)C1. The number of amides is 1. The normalized spacial score (nSPS) is 16.5. The number of hydrogen-bond acceptors (Lipinski definition) is 7. The molecule has 0 aromatic carbocycles. The summed E-state index contributed by atoms with van der Waals surface area (Å²) in [5, 5.41) is 7.73. The summed E-state index contributed by atoms with van der Waals surface area (Å²) in [4.78, 5) is 28.1. The van der Waals surface area contributed by atoms with E-state index in [-0.39, 0.29) is 11.9 Å². The Morgan fingerprint density at radius 1 is 1.29 bits per heavy atom. The van der Waals surface area contributed by atoms with Crippen LogP contribution in [0.25, 0.3) is 32.9 Å². The number of piperidine rings is 1. The molecule has 156 valence electrons. The minimum atomic E-state index is -0.0613. The van der Waals surface area contributed by atoms with Crippen LogP contribution in [0.4, 0.5) is 5.82 Å². The van der Waals surface area contributed by atoms with Gasteiger partial charge >= 0.3 is 0 Å². The number of aromatic nitrogens is 5. The Morgan fingerprint density at radius 2 is 2.19 bits per heavy atom. The molecule has 0 spiro atoms. The fourth-order valence-electron chi connectivity index (χ4n) is 4.03. The van der Waals surface area contributed by atoms with Gasteiger partial charge in [-0.3, -0.25) is 9.78 Å². The molecule has 1 amide bonds. The van der Waals surface area contributed by atoms with Gasteiger partial charge in [0.25, 0.3) is 0 Å². The zero-order valence-electron chi connectivity index (χ0n) is 16.8. The van der Waals surface area contributed by atoms with E-state index in [2.05, 4.69) is 33.0 Å². The molecule has 1 fully saturated rings. The molecule has 0 bridgehead atoms. The summed E-state index contributed by atoms with van der Waals surface area (Å²) < 4.78 is 1.91. The molecular formula is C22H21N7OS. The highest BCUT2D eigenvalue weighted by molar-refractivity contribution is 7.14. The molecule has 2 N–H and O–H groups in total. The summed E-state index contributed by atoms with van der Waals surface area (Å²) in [5.41, 5.74) is 9.64. The lowest BCUT2D eigenvalue weighted by Crippen LogP contribution is -2.40. The zero-order chi connectivity index (χ0) is 21.4. The Bertz CT molecular complexity index is 1260. The minimum absolute atomic E-state index is 0.0124. The molecule has 5 heterocycles. The quantitative estimate of drug-likeness (QED) is 0.496. The van der Waals surface area contributed by atoms with Crippen LogP contribution in [0.5, 0.6) is 0 Å². The molecule has 4 aromatic rings. The molecule has 9 heteroatoms. The van der Waals surface area contributed by atoms with Crippen LogP contribution in [0.15, 0.2) is 54.8 Å². The minimum Gasteiger partial charge on any atom is -0.383 e. The Morgan fingerprint density at radius 3 is 3.00 bits per heavy atom. The van der Waals surface area contributed by atoms with Gasteiger partial charge in [-0.1, -0.05) is 12.6 Å². The number of hydrogen-bond donors (Lipinski definition) is 1. The molecule has 1 aliphatic heterocycles. The maximum absolute atomic E-state index is 12.2. The first kappa shape index (κ1) is 19.4. The maximum Gasteiger partial charge on any atom is 0.246 e. The molecule has 4 aromatic heterocycles. The van der Waals surface area contributed by atoms with Crippen molar-refractivity contribution in [3.05, 3.63) is 54.8 Å². The average molecular weight is 432 g/mol. The molecular weight excluding hydrogens is 410 g/mol. The summed E-state index contributed by atoms with van der Waals surface area (Å²) >= 11 is 1.59. The maximum atomic E-state index is 12.2. The summed E-state index contributed by atoms with van der Waals surface area (Å²) in [6.07, 6.45) is 6.40. The van der Waals surface area contributed by atoms with Crippen LogP contribution in [0, 0.1) is 0 Å². The fourth-order valence-corrected chi connectivity index (χ4v) is 4.93. The van der Waals surface area contributed by atoms with Crippen molar-refractivity contribution in [2.45, 2.75) is 18.9 Å². The van der Waals surface area contributed by atoms with E-state index < -0.39 is 0 Å². The van der Waals surface area contributed by atoms with Gasteiger partial charge in [-0.15, -0.1) is 11.3 Å². The lowest BCUT2D eigenvalue weighted by molar-refractivity contribution is -0.127. The Kier molecular flexibility index (Phi) is 4.95. The first-order valence-corrected chi connectivity index (χ1v) is 10.9. The van der Waals surface area contributed by atoms with Crippen LogP contribution < -0.4 is 5.73 Å². The molecule has 5 rings (SSSR count). The molecule has 0 aliphatic carbocycles. The number of nitrogens with two attached hydrogens (primary N) is 1. The number of fused-ring (bicyclic) bond motifs is 1. The Hall–Kier alpha value is -3.59. The highest BCUT2D eigenvalue weighted by Crippen LogP contribution is 2.38. The van der Waals surface area contributed by atoms with Crippen molar-refractivity contribution in [1.29, 1.82) is 0 Å². The number of nitrogen functional groups attached to an aromatic ring is 1. The molecule has 1 atom stereocenters. The van der Waals surface area contributed by atoms with Crippen molar-refractivity contribution in [1.82, 2.24) is 29.6 Å². The van der Waals surface area contributed by atoms with E-state index in [0.29, 0.717) is 18.0 Å². The topological polar surface area (TPSA) is 103 Å². The second-order valence-corrected chi connectivity index (χ2v) is 8.36. The van der Waals surface area contributed by atoms with Crippen LogP contribution in [0.1, 0.15) is 18.9 Å². The van der Waals surface area contributed by atoms with E-state index in [1.54, 1.807) is 17.5 Å². The Labute approximate surface area is 183 Å². The van der Waals surface area contributed by atoms with Crippen molar-refractivity contribution in [2.75, 3.05) is 18.8 Å². The van der Waals surface area contributed by atoms with Gasteiger partial charge in [0.1, 0.15) is 17.8 Å². The first-order chi connectivity index (χ1) is 15.2. The van der Waals surface area contributed by atoms with Crippen LogP contribution >= 0.6 is 11.3 Å². The third kappa shape index (κ3) is 3.46. The van der Waals surface area contributed by atoms with Gasteiger partial charge in [-0.05, 0) is 37.1 Å². The van der Waals surface area contributed by atoms with Crippen LogP contribution in [-0.2, 0) is 4.79 Å². The van der Waals surface area contributed by atoms with Gasteiger partial charge in [0.05, 0.1) is 22.0 Å². The molecule has 8 nitrogen and oxygen atoms in total. The second kappa shape index (κ2) is 7.92. The van der Waals surface area contributed by atoms with E-state index in [9.17, 15) is 4.79 Å². The smallest absolute Gasteiger partial charge is 0.246 e. The summed E-state index contributed by atoms with van der Waals surface area (Å²) in [7, 11) is 0. The molecule has 1 saturated heterocycles. The average Bonchev–Trinajstić information content (AvgIpc) is 3.45. The molecule has 1 aliphatic rings. The summed E-state index contributed by atoms with van der Waals surface area (Å²) in [6, 6.07) is 7.93. The van der Waals surface area contributed by atoms with Crippen molar-refractivity contribution in [3.63, 3.8) is 0 Å². The summed E-state index contributed by atoms with van der Waals surface area (Å²) in [6.45, 7) is 4.90. The third-order valence-corrected chi connectivity index (χ3v) is 6.48. The number of nitrogens with zero attached hydrogens (tertiary/aromatic N) is 6. The number of carbonyl (C=O) groups excluding carboxylic acids is 1. The van der Waals surface area contributed by atoms with Crippen molar-refractivity contribution < 1.29 is 4.79 Å². The second-order valence-electron chi connectivity index (χ2n) is 7.45. The predicted molar refractivity (Wildman–Crippen MR) is 121 cm³/mol. The van der Waals surface area contributed by atoms with Crippen LogP contribution in [0.2, 0.25) is 0 Å². The number of pyridine rings is 1. The third-order valence-electron chi connectivity index (χ3n) is 5.54. The van der Waals surface area contributed by atoms with E-state index >= 15 is 0 Å². The number of rotatable bonds is 4. The van der Waals surface area contributed by atoms with E-state index in [0.717, 1.165) is 46.6 Å². The van der Waals surface area contributed by atoms with E-state index in [1.165, 1.54) is 12.4 Å². The number of likely N-dealkylation sites (tertiary alicyclic amines) is 1. The zero-order valence-corrected chi connectivity index (χ0v) is 17.6. The highest BCUT2D eigenvalue weighted by Gasteiger charge is 2.28. The number of thiophene rings is 1. The highest BCUT2D eigenvalue weighted by atomic mass is 32.1. The van der Waals surface area contributed by atoms with Crippen molar-refractivity contribution in [3.8, 4) is 21.8 Å². The monoisotopic (exact) mass is 431 g/mol. The summed E-state index contributed by atoms with van der Waals surface area (Å²) in [5.74, 6) is 0.336. The van der Waals surface area contributed by atoms with Gasteiger partial charge in [-0.25, -0.2) is 14.6 Å². The van der Waals surface area contributed by atoms with Crippen molar-refractivity contribution in [2.24, 2.45) is 0 Å². The molecule has 0 radical (unpaired) electrons. The standard InChI is InChI=1S/C22H21N7OS/c1-2-18(30)28-9-5-6-15(11-28)29-22-19(21(23)25-13-26-22)20(27-29)17-10-14(12-31-17)16-7-3-4-8-24-16/h2-4,7-8,10,12-13,15H,1,5-6,9,11H2,(H2,23,25,26)/t15-/m1/s1. The molecule has 31 heavy (non-hydrogen) atoms. The largest absolute Gasteiger partial charge is 0.383 e. The lowest BCUT2D eigenvalue weighted by atomic mass is 10.1. The van der Waals surface area contributed by atoms with Gasteiger partial charge in [-0.2, -0.15) is 5.10 Å². The van der Waals surface area contributed by atoms with Gasteiger partial charge in [0.2, 0.25) is 5.91 Å². The Balaban J connectivity index is 1.58. The first-order valence-electron chi connectivity index (χ1n) is 10.1. The van der Waals surface area contributed by atoms with Gasteiger partial charge in [0, 0.05) is 30.2 Å². The molecule has 0 saturated carbocycles. The molecule has 0 unspecified atom stereocenters. The number of anilines is 1. The van der Waals surface area contributed by atoms with Crippen LogP contribution in [0.3, 0.4) is 0 Å². The number of carbonyl (C=O) groups is 1. The van der Waals surface area contributed by atoms with E-state index in [4.69, 9.17) is 10.8 Å². The van der Waals surface area contributed by atoms with Crippen LogP contribution in [-0.4, -0.2) is 48.6 Å². The van der Waals surface area contributed by atoms with E-state index in [1.807, 2.05) is 27.8 Å². The van der Waals surface area contributed by atoms with Gasteiger partial charge < -0.3 is 10.6 Å². The van der Waals surface area contributed by atoms with Crippen molar-refractivity contribution >= 4 is 34.1 Å².